The fourth-order valence-electron chi connectivity index (χ4n) is 1.33. The average molecular weight is 246 g/mol. The number of carbonyl (C=O) groups excluding carboxylic acids is 2. The van der Waals surface area contributed by atoms with Crippen molar-refractivity contribution in [3.05, 3.63) is 29.8 Å². The topological polar surface area (TPSA) is 103 Å². The summed E-state index contributed by atoms with van der Waals surface area (Å²) in [6.07, 6.45) is 2.49. The quantitative estimate of drug-likeness (QED) is 0.383. The number of para-hydroxylation sites is 1. The first-order valence-corrected chi connectivity index (χ1v) is 5.12. The molecule has 1 aromatic carbocycles. The first-order valence-electron chi connectivity index (χ1n) is 5.12. The van der Waals surface area contributed by atoms with Gasteiger partial charge >= 0.3 is 0 Å². The monoisotopic (exact) mass is 246 g/mol. The van der Waals surface area contributed by atoms with Crippen molar-refractivity contribution in [3.8, 4) is 5.75 Å². The third kappa shape index (κ3) is 2.51. The molecule has 1 aromatic rings. The van der Waals surface area contributed by atoms with Crippen LogP contribution in [0.25, 0.3) is 0 Å². The third-order valence-electron chi connectivity index (χ3n) is 2.28. The summed E-state index contributed by atoms with van der Waals surface area (Å²) in [6, 6.07) is 6.53. The Morgan fingerprint density at radius 1 is 1.50 bits per heavy atom. The first-order chi connectivity index (χ1) is 8.68. The molecule has 92 valence electrons. The van der Waals surface area contributed by atoms with E-state index in [1.54, 1.807) is 18.2 Å². The lowest BCUT2D eigenvalue weighted by Gasteiger charge is -2.02. The van der Waals surface area contributed by atoms with Gasteiger partial charge in [0.15, 0.2) is 5.92 Å². The average Bonchev–Trinajstić information content (AvgIpc) is 2.78. The lowest BCUT2D eigenvalue weighted by molar-refractivity contribution is -0.131. The number of amides is 2. The van der Waals surface area contributed by atoms with Crippen molar-refractivity contribution < 1.29 is 14.7 Å². The van der Waals surface area contributed by atoms with Crippen molar-refractivity contribution in [3.63, 3.8) is 0 Å². The molecule has 2 amide bonds. The van der Waals surface area contributed by atoms with Gasteiger partial charge in [-0.2, -0.15) is 10.2 Å². The van der Waals surface area contributed by atoms with Crippen molar-refractivity contribution in [2.45, 2.75) is 0 Å². The maximum Gasteiger partial charge on any atom is 0.258 e. The van der Waals surface area contributed by atoms with Crippen LogP contribution in [0.15, 0.2) is 34.5 Å². The molecule has 0 fully saturated rings. The highest BCUT2D eigenvalue weighted by molar-refractivity contribution is 6.15. The third-order valence-corrected chi connectivity index (χ3v) is 2.28. The molecule has 1 aliphatic rings. The van der Waals surface area contributed by atoms with E-state index in [2.05, 4.69) is 21.1 Å². The van der Waals surface area contributed by atoms with Crippen LogP contribution >= 0.6 is 0 Å². The van der Waals surface area contributed by atoms with E-state index in [-0.39, 0.29) is 5.75 Å². The van der Waals surface area contributed by atoms with Gasteiger partial charge in [-0.15, -0.1) is 0 Å². The number of phenolic OH excluding ortho intramolecular Hbond substituents is 1. The van der Waals surface area contributed by atoms with Gasteiger partial charge in [-0.25, -0.2) is 10.9 Å². The van der Waals surface area contributed by atoms with E-state index in [0.717, 1.165) is 0 Å². The Labute approximate surface area is 102 Å². The molecule has 0 radical (unpaired) electrons. The molecule has 1 aliphatic heterocycles. The highest BCUT2D eigenvalue weighted by atomic mass is 16.3. The molecule has 1 atom stereocenters. The van der Waals surface area contributed by atoms with Gasteiger partial charge in [0.2, 0.25) is 0 Å². The number of benzene rings is 1. The van der Waals surface area contributed by atoms with Crippen LogP contribution in [-0.2, 0) is 9.59 Å². The largest absolute Gasteiger partial charge is 0.507 e. The molecule has 1 heterocycles. The second kappa shape index (κ2) is 5.09. The Morgan fingerprint density at radius 3 is 2.94 bits per heavy atom. The van der Waals surface area contributed by atoms with Gasteiger partial charge < -0.3 is 5.11 Å². The summed E-state index contributed by atoms with van der Waals surface area (Å²) >= 11 is 0. The van der Waals surface area contributed by atoms with Crippen LogP contribution < -0.4 is 10.9 Å². The standard InChI is InChI=1S/C11H10N4O3/c16-9-4-2-1-3-7(9)5-12-14-10(17)8-6-13-15-11(8)18/h1-6,8,16H,(H,14,17)(H,15,18)/b12-5-/t8-/m0/s1. The maximum atomic E-state index is 11.5. The van der Waals surface area contributed by atoms with E-state index in [1.165, 1.54) is 18.5 Å². The molecule has 3 N–H and O–H groups in total. The van der Waals surface area contributed by atoms with E-state index >= 15 is 0 Å². The molecule has 0 aliphatic carbocycles. The Hall–Kier alpha value is -2.70. The van der Waals surface area contributed by atoms with Gasteiger partial charge in [-0.1, -0.05) is 12.1 Å². The first kappa shape index (κ1) is 11.8. The lowest BCUT2D eigenvalue weighted by Crippen LogP contribution is -2.34. The number of phenols is 1. The Morgan fingerprint density at radius 2 is 2.28 bits per heavy atom. The number of hydrogen-bond acceptors (Lipinski definition) is 5. The number of rotatable bonds is 3. The van der Waals surface area contributed by atoms with Gasteiger partial charge in [-0.05, 0) is 12.1 Å². The van der Waals surface area contributed by atoms with E-state index in [4.69, 9.17) is 0 Å². The van der Waals surface area contributed by atoms with Gasteiger partial charge in [-0.3, -0.25) is 9.59 Å². The summed E-state index contributed by atoms with van der Waals surface area (Å²) in [5.74, 6) is -1.99. The van der Waals surface area contributed by atoms with Crippen LogP contribution in [0.5, 0.6) is 5.75 Å². The van der Waals surface area contributed by atoms with Crippen LogP contribution in [0.4, 0.5) is 0 Å². The maximum absolute atomic E-state index is 11.5. The Kier molecular flexibility index (Phi) is 3.33. The van der Waals surface area contributed by atoms with Crippen molar-refractivity contribution in [2.24, 2.45) is 16.1 Å². The second-order valence-electron chi connectivity index (χ2n) is 3.52. The number of hydrazone groups is 2. The molecule has 0 bridgehead atoms. The zero-order valence-electron chi connectivity index (χ0n) is 9.20. The minimum absolute atomic E-state index is 0.0515. The number of nitrogens with one attached hydrogen (secondary N) is 2. The van der Waals surface area contributed by atoms with Crippen molar-refractivity contribution in [1.29, 1.82) is 0 Å². The van der Waals surface area contributed by atoms with Crippen molar-refractivity contribution in [2.75, 3.05) is 0 Å². The smallest absolute Gasteiger partial charge is 0.258 e. The lowest BCUT2D eigenvalue weighted by atomic mass is 10.1. The predicted octanol–water partition coefficient (Wildman–Crippen LogP) is -0.426. The van der Waals surface area contributed by atoms with Crippen LogP contribution in [0.1, 0.15) is 5.56 Å². The second-order valence-corrected chi connectivity index (χ2v) is 3.52. The summed E-state index contributed by atoms with van der Waals surface area (Å²) in [5, 5.41) is 16.6. The van der Waals surface area contributed by atoms with E-state index < -0.39 is 17.7 Å². The molecule has 0 spiro atoms. The van der Waals surface area contributed by atoms with E-state index in [0.29, 0.717) is 5.56 Å². The summed E-state index contributed by atoms with van der Waals surface area (Å²) in [6.45, 7) is 0. The molecule has 0 aromatic heterocycles. The zero-order chi connectivity index (χ0) is 13.0. The molecule has 0 saturated heterocycles. The SMILES string of the molecule is O=C1NN=C[C@H]1C(=O)N/N=C\c1ccccc1O. The molecular formula is C11H10N4O3. The van der Waals surface area contributed by atoms with Gasteiger partial charge in [0.1, 0.15) is 5.75 Å². The number of aromatic hydroxyl groups is 1. The summed E-state index contributed by atoms with van der Waals surface area (Å²) in [7, 11) is 0. The number of carbonyl (C=O) groups is 2. The van der Waals surface area contributed by atoms with Crippen molar-refractivity contribution >= 4 is 24.2 Å². The molecular weight excluding hydrogens is 236 g/mol. The van der Waals surface area contributed by atoms with Crippen molar-refractivity contribution in [1.82, 2.24) is 10.9 Å². The molecule has 0 unspecified atom stereocenters. The van der Waals surface area contributed by atoms with Gasteiger partial charge in [0.25, 0.3) is 11.8 Å². The van der Waals surface area contributed by atoms with Crippen LogP contribution in [0, 0.1) is 5.92 Å². The summed E-state index contributed by atoms with van der Waals surface area (Å²) in [5.41, 5.74) is 4.80. The fraction of sp³-hybridized carbons (Fsp3) is 0.0909. The molecule has 18 heavy (non-hydrogen) atoms. The number of nitrogens with zero attached hydrogens (tertiary/aromatic N) is 2. The number of hydrogen-bond donors (Lipinski definition) is 3. The van der Waals surface area contributed by atoms with Crippen LogP contribution in [-0.4, -0.2) is 29.4 Å². The molecule has 7 heteroatoms. The van der Waals surface area contributed by atoms with E-state index in [1.807, 2.05) is 0 Å². The van der Waals surface area contributed by atoms with Gasteiger partial charge in [0, 0.05) is 11.8 Å². The Balaban J connectivity index is 1.96. The zero-order valence-corrected chi connectivity index (χ0v) is 9.20. The van der Waals surface area contributed by atoms with Gasteiger partial charge in [0.05, 0.1) is 6.21 Å². The fourth-order valence-corrected chi connectivity index (χ4v) is 1.33. The minimum atomic E-state index is -0.966. The van der Waals surface area contributed by atoms with Crippen LogP contribution in [0.3, 0.4) is 0 Å². The highest BCUT2D eigenvalue weighted by Crippen LogP contribution is 2.12. The van der Waals surface area contributed by atoms with E-state index in [9.17, 15) is 14.7 Å². The minimum Gasteiger partial charge on any atom is -0.507 e. The molecule has 7 nitrogen and oxygen atoms in total. The van der Waals surface area contributed by atoms with Crippen LogP contribution in [0.2, 0.25) is 0 Å². The molecule has 0 saturated carbocycles. The molecule has 2 rings (SSSR count). The summed E-state index contributed by atoms with van der Waals surface area (Å²) < 4.78 is 0. The normalized spacial score (nSPS) is 18.0. The highest BCUT2D eigenvalue weighted by Gasteiger charge is 2.28. The summed E-state index contributed by atoms with van der Waals surface area (Å²) in [4.78, 5) is 22.6. The Bertz CT molecular complexity index is 539. The predicted molar refractivity (Wildman–Crippen MR) is 64.0 cm³/mol.